The molecule has 4 rings (SSSR count). The quantitative estimate of drug-likeness (QED) is 0.441. The minimum absolute atomic E-state index is 0.133. The molecule has 1 fully saturated rings. The van der Waals surface area contributed by atoms with Crippen LogP contribution in [0.5, 0.6) is 5.75 Å². The Kier molecular flexibility index (Phi) is 7.26. The first-order valence-electron chi connectivity index (χ1n) is 12.3. The van der Waals surface area contributed by atoms with Crippen LogP contribution < -0.4 is 4.90 Å². The van der Waals surface area contributed by atoms with Crippen LogP contribution in [-0.2, 0) is 16.0 Å². The molecule has 5 heteroatoms. The van der Waals surface area contributed by atoms with Crippen molar-refractivity contribution >= 4 is 11.7 Å². The Labute approximate surface area is 196 Å². The molecular formula is C28H35NO4. The van der Waals surface area contributed by atoms with Crippen LogP contribution in [-0.4, -0.2) is 28.3 Å². The van der Waals surface area contributed by atoms with Crippen molar-refractivity contribution in [2.45, 2.75) is 70.3 Å². The Morgan fingerprint density at radius 1 is 1.06 bits per heavy atom. The normalized spacial score (nSPS) is 21.3. The largest absolute Gasteiger partial charge is 0.510 e. The Bertz CT molecular complexity index is 980. The summed E-state index contributed by atoms with van der Waals surface area (Å²) in [6, 6.07) is 17.0. The van der Waals surface area contributed by atoms with Crippen LogP contribution in [0.15, 0.2) is 66.1 Å². The second-order valence-electron chi connectivity index (χ2n) is 9.42. The number of carbonyl (C=O) groups is 1. The molecule has 1 aliphatic carbocycles. The number of unbranched alkanes of at least 4 members (excludes halogenated alkanes) is 1. The zero-order valence-electron chi connectivity index (χ0n) is 19.5. The first-order valence-corrected chi connectivity index (χ1v) is 12.3. The molecule has 0 spiro atoms. The van der Waals surface area contributed by atoms with E-state index >= 15 is 0 Å². The van der Waals surface area contributed by atoms with Crippen LogP contribution in [0.2, 0.25) is 0 Å². The fraction of sp³-hybridized carbons (Fsp3) is 0.464. The summed E-state index contributed by atoms with van der Waals surface area (Å²) >= 11 is 0. The van der Waals surface area contributed by atoms with E-state index in [1.54, 1.807) is 12.1 Å². The molecule has 2 aromatic rings. The van der Waals surface area contributed by atoms with Crippen LogP contribution in [0.3, 0.4) is 0 Å². The third-order valence-electron chi connectivity index (χ3n) is 7.15. The number of aliphatic hydroxyl groups is 1. The number of ether oxygens (including phenoxy) is 1. The van der Waals surface area contributed by atoms with Crippen LogP contribution in [0.1, 0.15) is 63.9 Å². The number of phenolic OH excluding ortho intramolecular Hbond substituents is 1. The summed E-state index contributed by atoms with van der Waals surface area (Å²) < 4.78 is 6.31. The molecule has 0 saturated heterocycles. The number of aromatic hydroxyl groups is 1. The van der Waals surface area contributed by atoms with Crippen molar-refractivity contribution in [1.29, 1.82) is 0 Å². The number of carbonyl (C=O) groups excluding carboxylic acids is 1. The van der Waals surface area contributed by atoms with Gasteiger partial charge in [0.05, 0.1) is 0 Å². The Morgan fingerprint density at radius 2 is 1.82 bits per heavy atom. The Hall–Kier alpha value is -2.95. The molecule has 0 bridgehead atoms. The van der Waals surface area contributed by atoms with Crippen LogP contribution in [0, 0.1) is 5.92 Å². The number of para-hydroxylation sites is 1. The molecule has 5 nitrogen and oxygen atoms in total. The summed E-state index contributed by atoms with van der Waals surface area (Å²) in [6.07, 6.45) is 7.81. The van der Waals surface area contributed by atoms with E-state index in [9.17, 15) is 15.0 Å². The minimum Gasteiger partial charge on any atom is -0.510 e. The number of aryl methyl sites for hydroxylation is 1. The van der Waals surface area contributed by atoms with Gasteiger partial charge in [-0.05, 0) is 67.9 Å². The van der Waals surface area contributed by atoms with E-state index in [-0.39, 0.29) is 23.1 Å². The van der Waals surface area contributed by atoms with Gasteiger partial charge in [-0.3, -0.25) is 0 Å². The van der Waals surface area contributed by atoms with E-state index in [4.69, 9.17) is 4.74 Å². The second kappa shape index (κ2) is 10.3. The number of phenols is 1. The van der Waals surface area contributed by atoms with E-state index in [0.29, 0.717) is 25.8 Å². The fourth-order valence-electron chi connectivity index (χ4n) is 5.41. The molecule has 2 N–H and O–H groups in total. The Morgan fingerprint density at radius 3 is 2.48 bits per heavy atom. The molecular weight excluding hydrogens is 414 g/mol. The van der Waals surface area contributed by atoms with Gasteiger partial charge >= 0.3 is 5.97 Å². The lowest BCUT2D eigenvalue weighted by molar-refractivity contribution is -0.167. The van der Waals surface area contributed by atoms with Crippen molar-refractivity contribution in [3.05, 3.63) is 71.6 Å². The maximum absolute atomic E-state index is 13.5. The molecule has 2 aliphatic rings. The van der Waals surface area contributed by atoms with Gasteiger partial charge < -0.3 is 19.8 Å². The lowest BCUT2D eigenvalue weighted by atomic mass is 9.77. The first-order chi connectivity index (χ1) is 16.0. The number of nitrogens with zero attached hydrogens (tertiary/aromatic N) is 1. The summed E-state index contributed by atoms with van der Waals surface area (Å²) in [5, 5.41) is 21.2. The van der Waals surface area contributed by atoms with Crippen molar-refractivity contribution in [1.82, 2.24) is 0 Å². The molecule has 1 atom stereocenters. The van der Waals surface area contributed by atoms with Crippen molar-refractivity contribution in [3.63, 3.8) is 0 Å². The molecule has 0 amide bonds. The maximum atomic E-state index is 13.5. The maximum Gasteiger partial charge on any atom is 0.359 e. The smallest absolute Gasteiger partial charge is 0.359 e. The lowest BCUT2D eigenvalue weighted by Crippen LogP contribution is -2.48. The van der Waals surface area contributed by atoms with E-state index < -0.39 is 11.6 Å². The highest BCUT2D eigenvalue weighted by Gasteiger charge is 2.49. The van der Waals surface area contributed by atoms with Crippen LogP contribution in [0.4, 0.5) is 5.69 Å². The topological polar surface area (TPSA) is 70.0 Å². The third kappa shape index (κ3) is 5.18. The predicted molar refractivity (Wildman–Crippen MR) is 130 cm³/mol. The van der Waals surface area contributed by atoms with Gasteiger partial charge in [0.15, 0.2) is 5.70 Å². The Balaban J connectivity index is 1.64. The number of cyclic esters (lactones) is 1. The average molecular weight is 450 g/mol. The highest BCUT2D eigenvalue weighted by molar-refractivity contribution is 5.94. The summed E-state index contributed by atoms with van der Waals surface area (Å²) in [5.41, 5.74) is 1.46. The van der Waals surface area contributed by atoms with Crippen molar-refractivity contribution in [3.8, 4) is 5.75 Å². The van der Waals surface area contributed by atoms with Gasteiger partial charge in [0.25, 0.3) is 0 Å². The van der Waals surface area contributed by atoms with E-state index in [2.05, 4.69) is 6.92 Å². The van der Waals surface area contributed by atoms with Gasteiger partial charge in [0.1, 0.15) is 17.1 Å². The first kappa shape index (κ1) is 23.2. The number of benzene rings is 2. The highest BCUT2D eigenvalue weighted by atomic mass is 16.6. The number of hydrogen-bond donors (Lipinski definition) is 2. The zero-order chi connectivity index (χ0) is 23.3. The second-order valence-corrected chi connectivity index (χ2v) is 9.42. The summed E-state index contributed by atoms with van der Waals surface area (Å²) in [5.74, 6) is 0.182. The lowest BCUT2D eigenvalue weighted by Gasteiger charge is -2.43. The zero-order valence-corrected chi connectivity index (χ0v) is 19.5. The van der Waals surface area contributed by atoms with Gasteiger partial charge in [-0.25, -0.2) is 4.79 Å². The molecule has 33 heavy (non-hydrogen) atoms. The summed E-state index contributed by atoms with van der Waals surface area (Å²) in [6.45, 7) is 2.76. The van der Waals surface area contributed by atoms with Crippen LogP contribution in [0.25, 0.3) is 0 Å². The predicted octanol–water partition coefficient (Wildman–Crippen LogP) is 6.28. The number of aliphatic hydroxyl groups excluding tert-OH is 1. The molecule has 1 aliphatic heterocycles. The molecule has 0 unspecified atom stereocenters. The van der Waals surface area contributed by atoms with E-state index in [1.165, 1.54) is 0 Å². The van der Waals surface area contributed by atoms with Gasteiger partial charge in [-0.1, -0.05) is 56.5 Å². The fourth-order valence-corrected chi connectivity index (χ4v) is 5.41. The van der Waals surface area contributed by atoms with E-state index in [1.807, 2.05) is 47.4 Å². The molecule has 2 aromatic carbocycles. The standard InChI is InChI=1S/C28H35NO4/c1-2-3-18-29(23-13-5-4-6-14-23)26-25(31)20-28(33-27(26)32,22-11-7-8-12-22)17-16-21-10-9-15-24(30)19-21/h4-6,9-10,13-15,19,22,30-31H,2-3,7-8,11-12,16-18,20H2,1H3/t28-/m1/s1. The van der Waals surface area contributed by atoms with Gasteiger partial charge in [0, 0.05) is 18.7 Å². The molecule has 1 heterocycles. The van der Waals surface area contributed by atoms with E-state index in [0.717, 1.165) is 49.8 Å². The minimum atomic E-state index is -0.709. The van der Waals surface area contributed by atoms with Crippen molar-refractivity contribution in [2.75, 3.05) is 11.4 Å². The molecule has 0 radical (unpaired) electrons. The monoisotopic (exact) mass is 449 g/mol. The number of rotatable bonds is 9. The molecule has 1 saturated carbocycles. The summed E-state index contributed by atoms with van der Waals surface area (Å²) in [4.78, 5) is 15.4. The SMILES string of the molecule is CCCCN(C1=C(O)C[C@](CCc2cccc(O)c2)(C2CCCC2)OC1=O)c1ccccc1. The van der Waals surface area contributed by atoms with Crippen molar-refractivity contribution < 1.29 is 19.7 Å². The van der Waals surface area contributed by atoms with Crippen LogP contribution >= 0.6 is 0 Å². The average Bonchev–Trinajstić information content (AvgIpc) is 3.36. The van der Waals surface area contributed by atoms with Gasteiger partial charge in [-0.15, -0.1) is 0 Å². The third-order valence-corrected chi connectivity index (χ3v) is 7.15. The number of hydrogen-bond acceptors (Lipinski definition) is 5. The van der Waals surface area contributed by atoms with Gasteiger partial charge in [-0.2, -0.15) is 0 Å². The van der Waals surface area contributed by atoms with Crippen molar-refractivity contribution in [2.24, 2.45) is 5.92 Å². The number of esters is 1. The molecule has 176 valence electrons. The van der Waals surface area contributed by atoms with Gasteiger partial charge in [0.2, 0.25) is 0 Å². The summed E-state index contributed by atoms with van der Waals surface area (Å²) in [7, 11) is 0. The highest BCUT2D eigenvalue weighted by Crippen LogP contribution is 2.46. The number of anilines is 1. The molecule has 0 aromatic heterocycles.